The number of thiophene rings is 1. The summed E-state index contributed by atoms with van der Waals surface area (Å²) in [6.07, 6.45) is 6.04. The molecule has 3 nitrogen and oxygen atoms in total. The van der Waals surface area contributed by atoms with E-state index in [0.29, 0.717) is 6.54 Å². The van der Waals surface area contributed by atoms with Gasteiger partial charge in [-0.15, -0.1) is 11.3 Å². The van der Waals surface area contributed by atoms with Crippen LogP contribution in [0.2, 0.25) is 0 Å². The molecule has 1 aromatic heterocycles. The summed E-state index contributed by atoms with van der Waals surface area (Å²) in [5.41, 5.74) is -0.700. The molecule has 0 radical (unpaired) electrons. The number of aliphatic carboxylic acids is 1. The molecule has 1 aliphatic carbocycles. The van der Waals surface area contributed by atoms with Gasteiger partial charge in [-0.1, -0.05) is 25.8 Å². The van der Waals surface area contributed by atoms with Crippen molar-refractivity contribution < 1.29 is 9.90 Å². The summed E-state index contributed by atoms with van der Waals surface area (Å²) in [6, 6.07) is 4.06. The molecule has 2 N–H and O–H groups in total. The van der Waals surface area contributed by atoms with Crippen LogP contribution in [0.5, 0.6) is 0 Å². The topological polar surface area (TPSA) is 49.3 Å². The number of hydrogen-bond donors (Lipinski definition) is 2. The lowest BCUT2D eigenvalue weighted by atomic mass is 9.75. The van der Waals surface area contributed by atoms with Gasteiger partial charge in [-0.2, -0.15) is 0 Å². The zero-order valence-electron chi connectivity index (χ0n) is 11.5. The third kappa shape index (κ3) is 3.57. The fourth-order valence-corrected chi connectivity index (χ4v) is 3.65. The maximum atomic E-state index is 11.6. The molecular weight excluding hydrogens is 258 g/mol. The summed E-state index contributed by atoms with van der Waals surface area (Å²) in [5, 5.41) is 14.9. The molecule has 1 aliphatic rings. The van der Waals surface area contributed by atoms with Gasteiger partial charge in [0.1, 0.15) is 5.54 Å². The molecule has 0 amide bonds. The predicted octanol–water partition coefficient (Wildman–Crippen LogP) is 3.65. The second-order valence-electron chi connectivity index (χ2n) is 5.55. The van der Waals surface area contributed by atoms with Gasteiger partial charge in [-0.25, -0.2) is 0 Å². The number of carbonyl (C=O) groups is 1. The number of rotatable bonds is 6. The lowest BCUT2D eigenvalue weighted by molar-refractivity contribution is -0.147. The van der Waals surface area contributed by atoms with Crippen LogP contribution < -0.4 is 5.32 Å². The van der Waals surface area contributed by atoms with E-state index in [9.17, 15) is 9.90 Å². The molecule has 1 heterocycles. The monoisotopic (exact) mass is 281 g/mol. The zero-order valence-corrected chi connectivity index (χ0v) is 12.3. The first-order valence-corrected chi connectivity index (χ1v) is 8.05. The van der Waals surface area contributed by atoms with Gasteiger partial charge >= 0.3 is 5.97 Å². The Morgan fingerprint density at radius 3 is 2.79 bits per heavy atom. The highest BCUT2D eigenvalue weighted by atomic mass is 32.1. The lowest BCUT2D eigenvalue weighted by Crippen LogP contribution is -2.53. The molecular formula is C15H23NO2S. The van der Waals surface area contributed by atoms with E-state index in [0.717, 1.165) is 31.6 Å². The summed E-state index contributed by atoms with van der Waals surface area (Å²) >= 11 is 1.68. The molecule has 1 fully saturated rings. The number of carboxylic acid groups (broad SMARTS) is 1. The minimum atomic E-state index is -0.700. The molecule has 4 heteroatoms. The van der Waals surface area contributed by atoms with E-state index in [4.69, 9.17) is 0 Å². The van der Waals surface area contributed by atoms with Crippen molar-refractivity contribution in [2.75, 3.05) is 0 Å². The average molecular weight is 281 g/mol. The van der Waals surface area contributed by atoms with Crippen LogP contribution in [0.1, 0.15) is 50.3 Å². The minimum Gasteiger partial charge on any atom is -0.480 e. The van der Waals surface area contributed by atoms with Gasteiger partial charge in [0, 0.05) is 11.4 Å². The highest BCUT2D eigenvalue weighted by Gasteiger charge is 2.41. The van der Waals surface area contributed by atoms with Crippen molar-refractivity contribution in [3.05, 3.63) is 22.4 Å². The Labute approximate surface area is 119 Å². The van der Waals surface area contributed by atoms with Gasteiger partial charge in [0.15, 0.2) is 0 Å². The first-order chi connectivity index (χ1) is 9.16. The van der Waals surface area contributed by atoms with Gasteiger partial charge < -0.3 is 5.11 Å². The average Bonchev–Trinajstić information content (AvgIpc) is 2.91. The van der Waals surface area contributed by atoms with E-state index in [1.165, 1.54) is 17.7 Å². The van der Waals surface area contributed by atoms with Gasteiger partial charge in [-0.05, 0) is 43.0 Å². The molecule has 0 aliphatic heterocycles. The molecule has 19 heavy (non-hydrogen) atoms. The Morgan fingerprint density at radius 2 is 2.26 bits per heavy atom. The Bertz CT molecular complexity index is 394. The Balaban J connectivity index is 1.94. The van der Waals surface area contributed by atoms with E-state index in [-0.39, 0.29) is 0 Å². The maximum absolute atomic E-state index is 11.6. The molecule has 2 rings (SSSR count). The van der Waals surface area contributed by atoms with E-state index >= 15 is 0 Å². The molecule has 0 bridgehead atoms. The molecule has 0 saturated heterocycles. The van der Waals surface area contributed by atoms with Crippen molar-refractivity contribution in [3.8, 4) is 0 Å². The smallest absolute Gasteiger partial charge is 0.323 e. The van der Waals surface area contributed by atoms with Crippen LogP contribution in [-0.4, -0.2) is 16.6 Å². The van der Waals surface area contributed by atoms with Crippen molar-refractivity contribution in [1.82, 2.24) is 5.32 Å². The summed E-state index contributed by atoms with van der Waals surface area (Å²) in [4.78, 5) is 12.8. The van der Waals surface area contributed by atoms with Crippen LogP contribution in [0.3, 0.4) is 0 Å². The van der Waals surface area contributed by atoms with E-state index in [1.807, 2.05) is 11.4 Å². The van der Waals surface area contributed by atoms with E-state index < -0.39 is 11.5 Å². The molecule has 0 spiro atoms. The molecule has 0 aromatic carbocycles. The third-order valence-electron chi connectivity index (χ3n) is 4.25. The largest absolute Gasteiger partial charge is 0.480 e. The van der Waals surface area contributed by atoms with E-state index in [1.54, 1.807) is 11.3 Å². The van der Waals surface area contributed by atoms with Crippen LogP contribution in [-0.2, 0) is 11.3 Å². The minimum absolute atomic E-state index is 0.669. The van der Waals surface area contributed by atoms with Gasteiger partial charge in [0.05, 0.1) is 0 Å². The molecule has 0 atom stereocenters. The van der Waals surface area contributed by atoms with Crippen molar-refractivity contribution >= 4 is 17.3 Å². The van der Waals surface area contributed by atoms with Crippen LogP contribution in [0.25, 0.3) is 0 Å². The summed E-state index contributed by atoms with van der Waals surface area (Å²) in [6.45, 7) is 2.87. The fraction of sp³-hybridized carbons (Fsp3) is 0.667. The third-order valence-corrected chi connectivity index (χ3v) is 5.12. The highest BCUT2D eigenvalue weighted by molar-refractivity contribution is 7.09. The standard InChI is InChI=1S/C15H23NO2S/c1-2-4-12-6-8-15(9-7-12,14(17)18)16-11-13-5-3-10-19-13/h3,5,10,12,16H,2,4,6-9,11H2,1H3,(H,17,18). The van der Waals surface area contributed by atoms with Crippen LogP contribution in [0.15, 0.2) is 17.5 Å². The number of hydrogen-bond acceptors (Lipinski definition) is 3. The van der Waals surface area contributed by atoms with Gasteiger partial charge in [0.2, 0.25) is 0 Å². The molecule has 106 valence electrons. The number of nitrogens with one attached hydrogen (secondary N) is 1. The van der Waals surface area contributed by atoms with Crippen molar-refractivity contribution in [2.45, 2.75) is 57.5 Å². The molecule has 1 saturated carbocycles. The normalized spacial score (nSPS) is 27.3. The summed E-state index contributed by atoms with van der Waals surface area (Å²) in [5.74, 6) is 0.0417. The molecule has 0 unspecified atom stereocenters. The lowest BCUT2D eigenvalue weighted by Gasteiger charge is -2.37. The second kappa shape index (κ2) is 6.53. The quantitative estimate of drug-likeness (QED) is 0.836. The van der Waals surface area contributed by atoms with Crippen molar-refractivity contribution in [2.24, 2.45) is 5.92 Å². The Kier molecular flexibility index (Phi) is 4.99. The van der Waals surface area contributed by atoms with Crippen LogP contribution in [0, 0.1) is 5.92 Å². The Hall–Kier alpha value is -0.870. The van der Waals surface area contributed by atoms with Crippen LogP contribution in [0.4, 0.5) is 0 Å². The summed E-state index contributed by atoms with van der Waals surface area (Å²) in [7, 11) is 0. The predicted molar refractivity (Wildman–Crippen MR) is 78.4 cm³/mol. The maximum Gasteiger partial charge on any atom is 0.323 e. The summed E-state index contributed by atoms with van der Waals surface area (Å²) < 4.78 is 0. The van der Waals surface area contributed by atoms with Gasteiger partial charge in [-0.3, -0.25) is 10.1 Å². The van der Waals surface area contributed by atoms with Gasteiger partial charge in [0.25, 0.3) is 0 Å². The highest BCUT2D eigenvalue weighted by Crippen LogP contribution is 2.35. The second-order valence-corrected chi connectivity index (χ2v) is 6.58. The Morgan fingerprint density at radius 1 is 1.53 bits per heavy atom. The first-order valence-electron chi connectivity index (χ1n) is 7.17. The van der Waals surface area contributed by atoms with Crippen molar-refractivity contribution in [1.29, 1.82) is 0 Å². The van der Waals surface area contributed by atoms with Crippen molar-refractivity contribution in [3.63, 3.8) is 0 Å². The fourth-order valence-electron chi connectivity index (χ4n) is 3.00. The van der Waals surface area contributed by atoms with Crippen LogP contribution >= 0.6 is 11.3 Å². The zero-order chi connectivity index (χ0) is 13.7. The molecule has 1 aromatic rings. The SMILES string of the molecule is CCCC1CCC(NCc2cccs2)(C(=O)O)CC1. The first kappa shape index (κ1) is 14.5. The number of carboxylic acids is 1. The van der Waals surface area contributed by atoms with E-state index in [2.05, 4.69) is 18.3 Å².